The first kappa shape index (κ1) is 22.2. The molecule has 0 unspecified atom stereocenters. The Bertz CT molecular complexity index is 742. The van der Waals surface area contributed by atoms with Crippen molar-refractivity contribution in [2.45, 2.75) is 59.8 Å². The van der Waals surface area contributed by atoms with Gasteiger partial charge in [-0.2, -0.15) is 0 Å². The van der Waals surface area contributed by atoms with Gasteiger partial charge >= 0.3 is 5.97 Å². The normalized spacial score (nSPS) is 14.5. The van der Waals surface area contributed by atoms with Crippen molar-refractivity contribution in [3.05, 3.63) is 22.5 Å². The number of nitrogens with zero attached hydrogens (tertiary/aromatic N) is 2. The summed E-state index contributed by atoms with van der Waals surface area (Å²) in [5, 5.41) is 0. The number of ketones is 1. The minimum absolute atomic E-state index is 0.0450. The molecule has 0 N–H and O–H groups in total. The second-order valence-electron chi connectivity index (χ2n) is 8.33. The molecule has 0 saturated heterocycles. The fourth-order valence-corrected chi connectivity index (χ4v) is 4.14. The minimum Gasteiger partial charge on any atom is -0.464 e. The molecule has 0 bridgehead atoms. The standard InChI is InChI=1S/C22H34N2O4/c1-14(2)11-12-24(21(26)17-9-7-8-10-17)13-18(25)19-15(3)20(22(27)28-6)23(5)16(19)4/h14,17H,7-13H2,1-6H3. The first-order valence-electron chi connectivity index (χ1n) is 10.2. The van der Waals surface area contributed by atoms with Crippen molar-refractivity contribution in [1.82, 2.24) is 9.47 Å². The molecule has 1 heterocycles. The van der Waals surface area contributed by atoms with Crippen LogP contribution in [0.1, 0.15) is 78.1 Å². The number of aromatic nitrogens is 1. The van der Waals surface area contributed by atoms with Crippen molar-refractivity contribution >= 4 is 17.7 Å². The van der Waals surface area contributed by atoms with Gasteiger partial charge in [-0.05, 0) is 44.6 Å². The molecule has 0 atom stereocenters. The minimum atomic E-state index is -0.458. The zero-order chi connectivity index (χ0) is 21.0. The number of ether oxygens (including phenoxy) is 1. The maximum atomic E-state index is 13.2. The molecule has 1 amide bonds. The summed E-state index contributed by atoms with van der Waals surface area (Å²) in [5.74, 6) is 0.0336. The molecule has 2 rings (SSSR count). The van der Waals surface area contributed by atoms with Gasteiger partial charge in [0.05, 0.1) is 13.7 Å². The summed E-state index contributed by atoms with van der Waals surface area (Å²) in [4.78, 5) is 40.0. The van der Waals surface area contributed by atoms with Crippen LogP contribution in [0.5, 0.6) is 0 Å². The second-order valence-corrected chi connectivity index (χ2v) is 8.33. The van der Waals surface area contributed by atoms with Gasteiger partial charge in [-0.3, -0.25) is 9.59 Å². The fourth-order valence-electron chi connectivity index (χ4n) is 4.14. The summed E-state index contributed by atoms with van der Waals surface area (Å²) < 4.78 is 6.56. The molecule has 1 aromatic rings. The summed E-state index contributed by atoms with van der Waals surface area (Å²) in [6, 6.07) is 0. The van der Waals surface area contributed by atoms with Crippen LogP contribution < -0.4 is 0 Å². The lowest BCUT2D eigenvalue weighted by Gasteiger charge is -2.26. The van der Waals surface area contributed by atoms with E-state index in [0.717, 1.165) is 37.8 Å². The summed E-state index contributed by atoms with van der Waals surface area (Å²) in [5.41, 5.74) is 2.25. The largest absolute Gasteiger partial charge is 0.464 e. The van der Waals surface area contributed by atoms with Gasteiger partial charge < -0.3 is 14.2 Å². The van der Waals surface area contributed by atoms with E-state index in [9.17, 15) is 14.4 Å². The van der Waals surface area contributed by atoms with Crippen molar-refractivity contribution in [2.75, 3.05) is 20.2 Å². The zero-order valence-electron chi connectivity index (χ0n) is 18.1. The van der Waals surface area contributed by atoms with Crippen LogP contribution in [0.2, 0.25) is 0 Å². The van der Waals surface area contributed by atoms with Gasteiger partial charge in [0.25, 0.3) is 0 Å². The quantitative estimate of drug-likeness (QED) is 0.502. The first-order valence-corrected chi connectivity index (χ1v) is 10.2. The number of esters is 1. The third kappa shape index (κ3) is 4.65. The predicted molar refractivity (Wildman–Crippen MR) is 109 cm³/mol. The van der Waals surface area contributed by atoms with E-state index in [-0.39, 0.29) is 24.2 Å². The number of carbonyl (C=O) groups excluding carboxylic acids is 3. The molecule has 1 fully saturated rings. The highest BCUT2D eigenvalue weighted by Crippen LogP contribution is 2.28. The molecule has 1 aliphatic rings. The topological polar surface area (TPSA) is 68.6 Å². The van der Waals surface area contributed by atoms with E-state index in [1.807, 2.05) is 6.92 Å². The molecule has 0 aliphatic heterocycles. The molecule has 1 aromatic heterocycles. The Morgan fingerprint density at radius 2 is 1.79 bits per heavy atom. The average Bonchev–Trinajstić information content (AvgIpc) is 3.25. The zero-order valence-corrected chi connectivity index (χ0v) is 18.1. The maximum absolute atomic E-state index is 13.2. The molecule has 0 aromatic carbocycles. The van der Waals surface area contributed by atoms with Gasteiger partial charge in [0, 0.05) is 30.8 Å². The van der Waals surface area contributed by atoms with E-state index >= 15 is 0 Å². The van der Waals surface area contributed by atoms with E-state index < -0.39 is 5.97 Å². The van der Waals surface area contributed by atoms with Gasteiger partial charge in [-0.1, -0.05) is 26.7 Å². The Hall–Kier alpha value is -2.11. The lowest BCUT2D eigenvalue weighted by Crippen LogP contribution is -2.40. The van der Waals surface area contributed by atoms with E-state index in [4.69, 9.17) is 4.74 Å². The van der Waals surface area contributed by atoms with E-state index in [1.54, 1.807) is 23.4 Å². The van der Waals surface area contributed by atoms with Gasteiger partial charge in [0.1, 0.15) is 5.69 Å². The van der Waals surface area contributed by atoms with Crippen LogP contribution in [0.3, 0.4) is 0 Å². The maximum Gasteiger partial charge on any atom is 0.354 e. The number of hydrogen-bond acceptors (Lipinski definition) is 4. The van der Waals surface area contributed by atoms with Crippen LogP contribution >= 0.6 is 0 Å². The van der Waals surface area contributed by atoms with E-state index in [0.29, 0.717) is 29.3 Å². The highest BCUT2D eigenvalue weighted by atomic mass is 16.5. The monoisotopic (exact) mass is 390 g/mol. The molecule has 1 saturated carbocycles. The lowest BCUT2D eigenvalue weighted by atomic mass is 10.0. The average molecular weight is 391 g/mol. The van der Waals surface area contributed by atoms with Crippen LogP contribution in [-0.2, 0) is 16.6 Å². The molecule has 6 heteroatoms. The number of carbonyl (C=O) groups is 3. The van der Waals surface area contributed by atoms with Crippen molar-refractivity contribution in [1.29, 1.82) is 0 Å². The second kappa shape index (κ2) is 9.39. The molecule has 0 spiro atoms. The number of methoxy groups -OCH3 is 1. The molecule has 6 nitrogen and oxygen atoms in total. The number of amides is 1. The number of hydrogen-bond donors (Lipinski definition) is 0. The van der Waals surface area contributed by atoms with Crippen molar-refractivity contribution in [3.8, 4) is 0 Å². The first-order chi connectivity index (χ1) is 13.2. The fraction of sp³-hybridized carbons (Fsp3) is 0.682. The van der Waals surface area contributed by atoms with Crippen LogP contribution in [0.4, 0.5) is 0 Å². The van der Waals surface area contributed by atoms with Crippen LogP contribution in [0, 0.1) is 25.7 Å². The van der Waals surface area contributed by atoms with Crippen LogP contribution in [0.25, 0.3) is 0 Å². The smallest absolute Gasteiger partial charge is 0.354 e. The van der Waals surface area contributed by atoms with Crippen LogP contribution in [-0.4, -0.2) is 47.3 Å². The van der Waals surface area contributed by atoms with Crippen molar-refractivity contribution in [2.24, 2.45) is 18.9 Å². The lowest BCUT2D eigenvalue weighted by molar-refractivity contribution is -0.135. The Morgan fingerprint density at radius 1 is 1.18 bits per heavy atom. The molecular formula is C22H34N2O4. The molecule has 1 aliphatic carbocycles. The van der Waals surface area contributed by atoms with Gasteiger partial charge in [0.2, 0.25) is 5.91 Å². The third-order valence-corrected chi connectivity index (χ3v) is 5.92. The third-order valence-electron chi connectivity index (χ3n) is 5.92. The summed E-state index contributed by atoms with van der Waals surface area (Å²) >= 11 is 0. The Labute approximate surface area is 168 Å². The molecular weight excluding hydrogens is 356 g/mol. The van der Waals surface area contributed by atoms with Gasteiger partial charge in [-0.25, -0.2) is 4.79 Å². The molecule has 156 valence electrons. The Kier molecular flexibility index (Phi) is 7.44. The Balaban J connectivity index is 2.27. The summed E-state index contributed by atoms with van der Waals surface area (Å²) in [6.07, 6.45) is 4.87. The van der Waals surface area contributed by atoms with Crippen molar-refractivity contribution in [3.63, 3.8) is 0 Å². The molecule has 0 radical (unpaired) electrons. The Morgan fingerprint density at radius 3 is 2.32 bits per heavy atom. The van der Waals surface area contributed by atoms with Gasteiger partial charge in [-0.15, -0.1) is 0 Å². The van der Waals surface area contributed by atoms with Crippen molar-refractivity contribution < 1.29 is 19.1 Å². The number of Topliss-reactive ketones (excluding diaryl/α,β-unsaturated/α-hetero) is 1. The highest BCUT2D eigenvalue weighted by molar-refractivity contribution is 6.04. The van der Waals surface area contributed by atoms with E-state index in [1.165, 1.54) is 7.11 Å². The molecule has 28 heavy (non-hydrogen) atoms. The highest BCUT2D eigenvalue weighted by Gasteiger charge is 2.31. The van der Waals surface area contributed by atoms with Crippen LogP contribution in [0.15, 0.2) is 0 Å². The SMILES string of the molecule is COC(=O)c1c(C)c(C(=O)CN(CCC(C)C)C(=O)C2CCCC2)c(C)n1C. The summed E-state index contributed by atoms with van der Waals surface area (Å²) in [7, 11) is 3.09. The van der Waals surface area contributed by atoms with E-state index in [2.05, 4.69) is 13.8 Å². The summed E-state index contributed by atoms with van der Waals surface area (Å²) in [6.45, 7) is 8.48. The number of rotatable bonds is 8. The van der Waals surface area contributed by atoms with Gasteiger partial charge in [0.15, 0.2) is 5.78 Å². The predicted octanol–water partition coefficient (Wildman–Crippen LogP) is 3.68.